The average molecular weight is 584 g/mol. The fourth-order valence-corrected chi connectivity index (χ4v) is 5.75. The third kappa shape index (κ3) is 6.70. The molecule has 0 bridgehead atoms. The second-order valence-corrected chi connectivity index (χ2v) is 10.8. The van der Waals surface area contributed by atoms with Crippen molar-refractivity contribution in [1.29, 1.82) is 0 Å². The number of unbranched alkanes of at least 4 members (excludes halogenated alkanes) is 1. The number of fused-ring (bicyclic) bond motifs is 3. The summed E-state index contributed by atoms with van der Waals surface area (Å²) in [7, 11) is 0. The summed E-state index contributed by atoms with van der Waals surface area (Å²) in [4.78, 5) is 43.9. The molecule has 1 aromatic heterocycles. The summed E-state index contributed by atoms with van der Waals surface area (Å²) in [6.45, 7) is 4.95. The number of ether oxygens (including phenoxy) is 5. The van der Waals surface area contributed by atoms with Crippen molar-refractivity contribution in [1.82, 2.24) is 14.9 Å². The van der Waals surface area contributed by atoms with Crippen molar-refractivity contribution in [3.05, 3.63) is 46.2 Å². The van der Waals surface area contributed by atoms with Crippen LogP contribution in [0.15, 0.2) is 40.3 Å². The van der Waals surface area contributed by atoms with E-state index in [-0.39, 0.29) is 50.6 Å². The SMILES string of the molecule is CCCC[C@@H](Sc1nc2cc3c(cc2c(=O)n1CCCC(=O)NCc1ccc2c(c1)OCO2)OCO3)C(=O)OCC. The molecule has 1 atom stereocenters. The van der Waals surface area contributed by atoms with E-state index < -0.39 is 5.25 Å². The highest BCUT2D eigenvalue weighted by Crippen LogP contribution is 2.36. The van der Waals surface area contributed by atoms with Crippen LogP contribution in [0, 0.1) is 0 Å². The minimum atomic E-state index is -0.510. The van der Waals surface area contributed by atoms with Gasteiger partial charge >= 0.3 is 5.97 Å². The van der Waals surface area contributed by atoms with Crippen LogP contribution in [0.25, 0.3) is 10.9 Å². The number of carbonyl (C=O) groups is 2. The van der Waals surface area contributed by atoms with E-state index in [2.05, 4.69) is 12.2 Å². The lowest BCUT2D eigenvalue weighted by molar-refractivity contribution is -0.142. The topological polar surface area (TPSA) is 127 Å². The molecule has 0 aliphatic carbocycles. The Morgan fingerprint density at radius 2 is 1.76 bits per heavy atom. The monoisotopic (exact) mass is 583 g/mol. The summed E-state index contributed by atoms with van der Waals surface area (Å²) in [6.07, 6.45) is 2.95. The van der Waals surface area contributed by atoms with E-state index in [1.807, 2.05) is 18.2 Å². The fraction of sp³-hybridized carbons (Fsp3) is 0.448. The molecule has 0 saturated carbocycles. The summed E-state index contributed by atoms with van der Waals surface area (Å²) < 4.78 is 28.5. The molecular formula is C29H33N3O8S. The highest BCUT2D eigenvalue weighted by Gasteiger charge is 2.25. The molecule has 218 valence electrons. The van der Waals surface area contributed by atoms with E-state index in [4.69, 9.17) is 28.7 Å². The first-order valence-electron chi connectivity index (χ1n) is 13.8. The van der Waals surface area contributed by atoms with Gasteiger partial charge in [0.1, 0.15) is 5.25 Å². The van der Waals surface area contributed by atoms with Crippen molar-refractivity contribution in [3.63, 3.8) is 0 Å². The molecular weight excluding hydrogens is 550 g/mol. The molecule has 0 radical (unpaired) electrons. The largest absolute Gasteiger partial charge is 0.465 e. The number of rotatable bonds is 13. The van der Waals surface area contributed by atoms with Crippen LogP contribution >= 0.6 is 11.8 Å². The van der Waals surface area contributed by atoms with Gasteiger partial charge in [0.2, 0.25) is 19.5 Å². The summed E-state index contributed by atoms with van der Waals surface area (Å²) in [5, 5.41) is 3.18. The molecule has 0 fully saturated rings. The molecule has 12 heteroatoms. The molecule has 41 heavy (non-hydrogen) atoms. The number of thioether (sulfide) groups is 1. The summed E-state index contributed by atoms with van der Waals surface area (Å²) >= 11 is 1.22. The van der Waals surface area contributed by atoms with Crippen molar-refractivity contribution in [2.45, 2.75) is 69.4 Å². The normalized spacial score (nSPS) is 13.8. The van der Waals surface area contributed by atoms with Gasteiger partial charge in [0.05, 0.1) is 17.5 Å². The van der Waals surface area contributed by atoms with Crippen LogP contribution in [0.5, 0.6) is 23.0 Å². The Labute approximate surface area is 241 Å². The standard InChI is InChI=1S/C29H33N3O8S/c1-3-5-7-25(28(35)36-4-2)41-29-31-20-14-24-23(39-17-40-24)13-19(20)27(34)32(29)11-6-8-26(33)30-15-18-9-10-21-22(12-18)38-16-37-21/h9-10,12-14,25H,3-8,11,15-17H2,1-2H3,(H,30,33)/t25-/m1/s1. The van der Waals surface area contributed by atoms with Gasteiger partial charge in [-0.15, -0.1) is 0 Å². The van der Waals surface area contributed by atoms with Crippen molar-refractivity contribution in [3.8, 4) is 23.0 Å². The van der Waals surface area contributed by atoms with Gasteiger partial charge in [0.25, 0.3) is 5.56 Å². The van der Waals surface area contributed by atoms with Gasteiger partial charge in [0, 0.05) is 25.6 Å². The van der Waals surface area contributed by atoms with Crippen LogP contribution in [0.1, 0.15) is 51.5 Å². The van der Waals surface area contributed by atoms with Crippen LogP contribution < -0.4 is 29.8 Å². The first-order valence-corrected chi connectivity index (χ1v) is 14.7. The lowest BCUT2D eigenvalue weighted by atomic mass is 10.2. The first-order chi connectivity index (χ1) is 20.0. The third-order valence-electron chi connectivity index (χ3n) is 6.74. The Balaban J connectivity index is 1.32. The maximum Gasteiger partial charge on any atom is 0.319 e. The number of aromatic nitrogens is 2. The van der Waals surface area contributed by atoms with E-state index in [1.54, 1.807) is 23.6 Å². The van der Waals surface area contributed by atoms with Gasteiger partial charge in [-0.25, -0.2) is 4.98 Å². The third-order valence-corrected chi connectivity index (χ3v) is 7.98. The zero-order chi connectivity index (χ0) is 28.8. The van der Waals surface area contributed by atoms with E-state index in [1.165, 1.54) is 11.8 Å². The molecule has 1 N–H and O–H groups in total. The molecule has 0 spiro atoms. The Bertz CT molecular complexity index is 1490. The maximum atomic E-state index is 13.7. The van der Waals surface area contributed by atoms with Crippen LogP contribution in [0.2, 0.25) is 0 Å². The molecule has 3 aromatic rings. The van der Waals surface area contributed by atoms with Crippen molar-refractivity contribution < 1.29 is 33.3 Å². The number of carbonyl (C=O) groups excluding carboxylic acids is 2. The second kappa shape index (κ2) is 13.2. The number of nitrogens with zero attached hydrogens (tertiary/aromatic N) is 2. The number of hydrogen-bond acceptors (Lipinski definition) is 10. The number of amides is 1. The van der Waals surface area contributed by atoms with E-state index in [0.29, 0.717) is 58.4 Å². The van der Waals surface area contributed by atoms with Crippen LogP contribution in [0.4, 0.5) is 0 Å². The smallest absolute Gasteiger partial charge is 0.319 e. The number of esters is 1. The molecule has 2 aliphatic heterocycles. The minimum Gasteiger partial charge on any atom is -0.465 e. The van der Waals surface area contributed by atoms with Gasteiger partial charge in [-0.05, 0) is 43.5 Å². The molecule has 2 aromatic carbocycles. The lowest BCUT2D eigenvalue weighted by Gasteiger charge is -2.18. The maximum absolute atomic E-state index is 13.7. The Hall–Kier alpha value is -3.93. The van der Waals surface area contributed by atoms with E-state index in [0.717, 1.165) is 18.4 Å². The van der Waals surface area contributed by atoms with Crippen LogP contribution in [-0.4, -0.2) is 46.9 Å². The van der Waals surface area contributed by atoms with E-state index in [9.17, 15) is 14.4 Å². The van der Waals surface area contributed by atoms with Crippen LogP contribution in [0.3, 0.4) is 0 Å². The quantitative estimate of drug-likeness (QED) is 0.178. The summed E-state index contributed by atoms with van der Waals surface area (Å²) in [6, 6.07) is 8.86. The fourth-order valence-electron chi connectivity index (χ4n) is 4.59. The highest BCUT2D eigenvalue weighted by atomic mass is 32.2. The average Bonchev–Trinajstić information content (AvgIpc) is 3.63. The Morgan fingerprint density at radius 1 is 1.02 bits per heavy atom. The summed E-state index contributed by atoms with van der Waals surface area (Å²) in [5.74, 6) is 1.87. The van der Waals surface area contributed by atoms with Crippen molar-refractivity contribution >= 4 is 34.5 Å². The van der Waals surface area contributed by atoms with Gasteiger partial charge < -0.3 is 29.0 Å². The predicted molar refractivity (Wildman–Crippen MR) is 152 cm³/mol. The molecule has 2 aliphatic rings. The molecule has 1 amide bonds. The highest BCUT2D eigenvalue weighted by molar-refractivity contribution is 8.00. The second-order valence-electron chi connectivity index (χ2n) is 9.64. The summed E-state index contributed by atoms with van der Waals surface area (Å²) in [5.41, 5.74) is 1.08. The van der Waals surface area contributed by atoms with Crippen molar-refractivity contribution in [2.24, 2.45) is 0 Å². The minimum absolute atomic E-state index is 0.0742. The molecule has 3 heterocycles. The molecule has 0 saturated heterocycles. The van der Waals surface area contributed by atoms with Crippen LogP contribution in [-0.2, 0) is 27.4 Å². The first kappa shape index (κ1) is 28.6. The zero-order valence-electron chi connectivity index (χ0n) is 23.1. The lowest BCUT2D eigenvalue weighted by Crippen LogP contribution is -2.28. The van der Waals surface area contributed by atoms with E-state index >= 15 is 0 Å². The Kier molecular flexibility index (Phi) is 9.17. The molecule has 11 nitrogen and oxygen atoms in total. The van der Waals surface area contributed by atoms with Gasteiger partial charge in [-0.1, -0.05) is 37.6 Å². The van der Waals surface area contributed by atoms with Crippen molar-refractivity contribution in [2.75, 3.05) is 20.2 Å². The van der Waals surface area contributed by atoms with Gasteiger partial charge in [0.15, 0.2) is 28.2 Å². The van der Waals surface area contributed by atoms with Gasteiger partial charge in [-0.3, -0.25) is 19.0 Å². The number of hydrogen-bond donors (Lipinski definition) is 1. The number of benzene rings is 2. The van der Waals surface area contributed by atoms with Gasteiger partial charge in [-0.2, -0.15) is 0 Å². The molecule has 5 rings (SSSR count). The molecule has 0 unspecified atom stereocenters. The number of nitrogens with one attached hydrogen (secondary N) is 1. The Morgan fingerprint density at radius 3 is 2.51 bits per heavy atom. The predicted octanol–water partition coefficient (Wildman–Crippen LogP) is 4.16. The zero-order valence-corrected chi connectivity index (χ0v) is 23.9.